The molecule has 0 aliphatic heterocycles. The van der Waals surface area contributed by atoms with Gasteiger partial charge in [0.15, 0.2) is 5.78 Å². The van der Waals surface area contributed by atoms with Crippen LogP contribution in [0.4, 0.5) is 0 Å². The van der Waals surface area contributed by atoms with E-state index >= 15 is 0 Å². The van der Waals surface area contributed by atoms with E-state index < -0.39 is 30.4 Å². The number of carboxylic acid groups (broad SMARTS) is 1. The summed E-state index contributed by atoms with van der Waals surface area (Å²) in [4.78, 5) is 46.7. The molecule has 0 spiro atoms. The molecule has 0 amide bonds. The highest BCUT2D eigenvalue weighted by atomic mass is 16.6. The highest BCUT2D eigenvalue weighted by Crippen LogP contribution is 2.20. The van der Waals surface area contributed by atoms with Gasteiger partial charge in [0.05, 0.1) is 19.1 Å². The van der Waals surface area contributed by atoms with Crippen LogP contribution in [0.5, 0.6) is 0 Å². The van der Waals surface area contributed by atoms with E-state index in [0.29, 0.717) is 16.7 Å². The minimum absolute atomic E-state index is 0.00436. The molecule has 0 aliphatic rings. The molecule has 176 valence electrons. The van der Waals surface area contributed by atoms with E-state index in [1.165, 1.54) is 0 Å². The Morgan fingerprint density at radius 3 is 2.12 bits per heavy atom. The van der Waals surface area contributed by atoms with E-state index in [4.69, 9.17) is 24.1 Å². The van der Waals surface area contributed by atoms with Crippen molar-refractivity contribution in [3.63, 3.8) is 0 Å². The Bertz CT molecular complexity index is 940. The number of ether oxygens (including phenoxy) is 4. The predicted molar refractivity (Wildman–Crippen MR) is 116 cm³/mol. The quantitative estimate of drug-likeness (QED) is 0.258. The molecule has 0 aliphatic carbocycles. The second-order valence-corrected chi connectivity index (χ2v) is 6.93. The summed E-state index contributed by atoms with van der Waals surface area (Å²) in [5.41, 5.74) is 1.69. The van der Waals surface area contributed by atoms with Gasteiger partial charge in [0.25, 0.3) is 0 Å². The van der Waals surface area contributed by atoms with E-state index in [1.54, 1.807) is 55.5 Å². The first-order chi connectivity index (χ1) is 15.9. The Labute approximate surface area is 191 Å². The standard InChI is InChI=1S/C24H26O9/c1-17(19-8-5-9-20(14-19)23(28)18-6-3-2-4-7-18)24(29)33-13-11-31-16-22(27)32-12-10-30-15-21(25)26/h2-9,14,17H,10-13,15-16H2,1H3,(H,25,26). The van der Waals surface area contributed by atoms with Gasteiger partial charge in [0.1, 0.15) is 26.4 Å². The van der Waals surface area contributed by atoms with Crippen LogP contribution in [-0.2, 0) is 33.3 Å². The highest BCUT2D eigenvalue weighted by molar-refractivity contribution is 6.09. The molecule has 9 heteroatoms. The fourth-order valence-corrected chi connectivity index (χ4v) is 2.74. The zero-order valence-corrected chi connectivity index (χ0v) is 18.2. The number of rotatable bonds is 14. The van der Waals surface area contributed by atoms with Crippen molar-refractivity contribution in [2.24, 2.45) is 0 Å². The Balaban J connectivity index is 1.70. The molecule has 1 atom stereocenters. The molecule has 2 rings (SSSR count). The van der Waals surface area contributed by atoms with E-state index in [1.807, 2.05) is 6.07 Å². The number of esters is 2. The van der Waals surface area contributed by atoms with Gasteiger partial charge in [-0.25, -0.2) is 9.59 Å². The van der Waals surface area contributed by atoms with Gasteiger partial charge in [-0.3, -0.25) is 9.59 Å². The van der Waals surface area contributed by atoms with Crippen LogP contribution in [0.2, 0.25) is 0 Å². The van der Waals surface area contributed by atoms with E-state index in [9.17, 15) is 19.2 Å². The Hall–Kier alpha value is -3.56. The SMILES string of the molecule is CC(C(=O)OCCOCC(=O)OCCOCC(=O)O)c1cccc(C(=O)c2ccccc2)c1. The molecule has 2 aromatic carbocycles. The number of hydrogen-bond acceptors (Lipinski definition) is 8. The number of carbonyl (C=O) groups excluding carboxylic acids is 3. The lowest BCUT2D eigenvalue weighted by atomic mass is 9.96. The number of benzene rings is 2. The molecule has 1 unspecified atom stereocenters. The van der Waals surface area contributed by atoms with Gasteiger partial charge in [-0.1, -0.05) is 48.5 Å². The Morgan fingerprint density at radius 1 is 0.788 bits per heavy atom. The Morgan fingerprint density at radius 2 is 1.42 bits per heavy atom. The van der Waals surface area contributed by atoms with Crippen molar-refractivity contribution in [1.29, 1.82) is 0 Å². The zero-order valence-electron chi connectivity index (χ0n) is 18.2. The fraction of sp³-hybridized carbons (Fsp3) is 0.333. The van der Waals surface area contributed by atoms with E-state index in [-0.39, 0.29) is 38.8 Å². The molecule has 0 fully saturated rings. The third-order valence-corrected chi connectivity index (χ3v) is 4.45. The van der Waals surface area contributed by atoms with Crippen molar-refractivity contribution >= 4 is 23.7 Å². The normalized spacial score (nSPS) is 11.4. The first kappa shape index (κ1) is 25.7. The molecule has 0 aromatic heterocycles. The molecular formula is C24H26O9. The summed E-state index contributed by atoms with van der Waals surface area (Å²) >= 11 is 0. The lowest BCUT2D eigenvalue weighted by molar-refractivity contribution is -0.153. The maximum absolute atomic E-state index is 12.6. The first-order valence-electron chi connectivity index (χ1n) is 10.3. The van der Waals surface area contributed by atoms with Crippen LogP contribution in [0.25, 0.3) is 0 Å². The summed E-state index contributed by atoms with van der Waals surface area (Å²) in [5.74, 6) is -2.97. The second-order valence-electron chi connectivity index (χ2n) is 6.93. The summed E-state index contributed by atoms with van der Waals surface area (Å²) in [6.07, 6.45) is 0. The van der Waals surface area contributed by atoms with E-state index in [2.05, 4.69) is 0 Å². The molecule has 0 saturated carbocycles. The average molecular weight is 458 g/mol. The molecule has 9 nitrogen and oxygen atoms in total. The van der Waals surface area contributed by atoms with Gasteiger partial charge in [-0.15, -0.1) is 0 Å². The third kappa shape index (κ3) is 9.22. The predicted octanol–water partition coefficient (Wildman–Crippen LogP) is 2.23. The molecule has 1 N–H and O–H groups in total. The minimum atomic E-state index is -1.11. The topological polar surface area (TPSA) is 125 Å². The van der Waals surface area contributed by atoms with Gasteiger partial charge >= 0.3 is 17.9 Å². The third-order valence-electron chi connectivity index (χ3n) is 4.45. The van der Waals surface area contributed by atoms with Crippen molar-refractivity contribution in [3.05, 3.63) is 71.3 Å². The molecule has 33 heavy (non-hydrogen) atoms. The minimum Gasteiger partial charge on any atom is -0.480 e. The van der Waals surface area contributed by atoms with Gasteiger partial charge in [0, 0.05) is 11.1 Å². The monoisotopic (exact) mass is 458 g/mol. The fourth-order valence-electron chi connectivity index (χ4n) is 2.74. The summed E-state index contributed by atoms with van der Waals surface area (Å²) in [5, 5.41) is 8.40. The maximum Gasteiger partial charge on any atom is 0.332 e. The smallest absolute Gasteiger partial charge is 0.332 e. The first-order valence-corrected chi connectivity index (χ1v) is 10.3. The molecule has 2 aromatic rings. The van der Waals surface area contributed by atoms with Gasteiger partial charge < -0.3 is 24.1 Å². The van der Waals surface area contributed by atoms with Crippen molar-refractivity contribution in [2.45, 2.75) is 12.8 Å². The zero-order chi connectivity index (χ0) is 24.1. The van der Waals surface area contributed by atoms with Crippen LogP contribution < -0.4 is 0 Å². The number of carbonyl (C=O) groups is 4. The molecule has 0 radical (unpaired) electrons. The van der Waals surface area contributed by atoms with Crippen LogP contribution in [0.3, 0.4) is 0 Å². The molecule has 0 saturated heterocycles. The summed E-state index contributed by atoms with van der Waals surface area (Å²) in [6, 6.07) is 15.7. The Kier molecular flexibility index (Phi) is 10.7. The molecule has 0 heterocycles. The summed E-state index contributed by atoms with van der Waals surface area (Å²) in [7, 11) is 0. The lowest BCUT2D eigenvalue weighted by Crippen LogP contribution is -2.20. The van der Waals surface area contributed by atoms with Crippen LogP contribution in [0.1, 0.15) is 34.3 Å². The van der Waals surface area contributed by atoms with Gasteiger partial charge in [0.2, 0.25) is 0 Å². The summed E-state index contributed by atoms with van der Waals surface area (Å²) in [6.45, 7) is 0.691. The number of ketones is 1. The molecular weight excluding hydrogens is 432 g/mol. The number of hydrogen-bond donors (Lipinski definition) is 1. The summed E-state index contributed by atoms with van der Waals surface area (Å²) < 4.78 is 19.8. The highest BCUT2D eigenvalue weighted by Gasteiger charge is 2.19. The number of aliphatic carboxylic acids is 1. The largest absolute Gasteiger partial charge is 0.480 e. The van der Waals surface area contributed by atoms with Crippen molar-refractivity contribution < 1.29 is 43.2 Å². The van der Waals surface area contributed by atoms with Gasteiger partial charge in [-0.2, -0.15) is 0 Å². The van der Waals surface area contributed by atoms with Crippen LogP contribution in [-0.4, -0.2) is 68.4 Å². The lowest BCUT2D eigenvalue weighted by Gasteiger charge is -2.13. The second kappa shape index (κ2) is 13.8. The van der Waals surface area contributed by atoms with Crippen molar-refractivity contribution in [2.75, 3.05) is 39.6 Å². The van der Waals surface area contributed by atoms with Crippen molar-refractivity contribution in [3.8, 4) is 0 Å². The average Bonchev–Trinajstić information content (AvgIpc) is 2.83. The van der Waals surface area contributed by atoms with Crippen LogP contribution in [0, 0.1) is 0 Å². The van der Waals surface area contributed by atoms with Gasteiger partial charge in [-0.05, 0) is 18.6 Å². The molecule has 0 bridgehead atoms. The van der Waals surface area contributed by atoms with Crippen LogP contribution >= 0.6 is 0 Å². The maximum atomic E-state index is 12.6. The number of carboxylic acids is 1. The van der Waals surface area contributed by atoms with Crippen molar-refractivity contribution in [1.82, 2.24) is 0 Å². The van der Waals surface area contributed by atoms with E-state index in [0.717, 1.165) is 0 Å². The van der Waals surface area contributed by atoms with Crippen LogP contribution in [0.15, 0.2) is 54.6 Å².